The van der Waals surface area contributed by atoms with Crippen LogP contribution in [-0.4, -0.2) is 16.9 Å². The molecule has 0 amide bonds. The van der Waals surface area contributed by atoms with Gasteiger partial charge in [0.25, 0.3) is 0 Å². The van der Waals surface area contributed by atoms with Crippen molar-refractivity contribution in [2.45, 2.75) is 13.3 Å². The van der Waals surface area contributed by atoms with Crippen molar-refractivity contribution in [3.63, 3.8) is 0 Å². The van der Waals surface area contributed by atoms with Gasteiger partial charge in [-0.05, 0) is 6.08 Å². The first-order valence-electron chi connectivity index (χ1n) is 3.27. The zero-order valence-corrected chi connectivity index (χ0v) is 6.28. The highest BCUT2D eigenvalue weighted by Gasteiger charge is 1.86. The SMILES string of the molecule is CCC(=O)C=CC=CC(=O)O. The molecule has 0 aliphatic carbocycles. The van der Waals surface area contributed by atoms with Gasteiger partial charge in [0.1, 0.15) is 0 Å². The van der Waals surface area contributed by atoms with Gasteiger partial charge in [0.2, 0.25) is 0 Å². The molecule has 0 bridgehead atoms. The van der Waals surface area contributed by atoms with Crippen LogP contribution in [0.3, 0.4) is 0 Å². The lowest BCUT2D eigenvalue weighted by atomic mass is 10.3. The van der Waals surface area contributed by atoms with Crippen molar-refractivity contribution in [1.82, 2.24) is 0 Å². The molecule has 1 N–H and O–H groups in total. The van der Waals surface area contributed by atoms with Crippen LogP contribution in [0.25, 0.3) is 0 Å². The normalized spacial score (nSPS) is 11.0. The second-order valence-corrected chi connectivity index (χ2v) is 1.88. The molecular weight excluding hydrogens is 144 g/mol. The third-order valence-electron chi connectivity index (χ3n) is 0.980. The number of aliphatic carboxylic acids is 1. The van der Waals surface area contributed by atoms with Gasteiger partial charge in [0, 0.05) is 12.5 Å². The average Bonchev–Trinajstić information content (AvgIpc) is 1.97. The average molecular weight is 154 g/mol. The molecule has 0 saturated carbocycles. The van der Waals surface area contributed by atoms with Crippen molar-refractivity contribution in [2.24, 2.45) is 0 Å². The summed E-state index contributed by atoms with van der Waals surface area (Å²) in [7, 11) is 0. The molecule has 3 heteroatoms. The van der Waals surface area contributed by atoms with Crippen molar-refractivity contribution < 1.29 is 14.7 Å². The Hall–Kier alpha value is -1.38. The fraction of sp³-hybridized carbons (Fsp3) is 0.250. The lowest BCUT2D eigenvalue weighted by Crippen LogP contribution is -1.87. The molecule has 60 valence electrons. The Morgan fingerprint density at radius 1 is 1.27 bits per heavy atom. The molecule has 0 saturated heterocycles. The summed E-state index contributed by atoms with van der Waals surface area (Å²) in [4.78, 5) is 20.5. The number of carboxylic acid groups (broad SMARTS) is 1. The fourth-order valence-electron chi connectivity index (χ4n) is 0.419. The van der Waals surface area contributed by atoms with Crippen LogP contribution in [0.1, 0.15) is 13.3 Å². The van der Waals surface area contributed by atoms with Crippen LogP contribution in [0.5, 0.6) is 0 Å². The Morgan fingerprint density at radius 2 is 1.82 bits per heavy atom. The van der Waals surface area contributed by atoms with E-state index in [9.17, 15) is 9.59 Å². The van der Waals surface area contributed by atoms with E-state index in [1.807, 2.05) is 0 Å². The minimum atomic E-state index is -1.02. The van der Waals surface area contributed by atoms with E-state index in [0.29, 0.717) is 6.42 Å². The van der Waals surface area contributed by atoms with Crippen LogP contribution in [0, 0.1) is 0 Å². The molecule has 0 aromatic rings. The maximum absolute atomic E-state index is 10.6. The number of ketones is 1. The smallest absolute Gasteiger partial charge is 0.328 e. The quantitative estimate of drug-likeness (QED) is 0.488. The van der Waals surface area contributed by atoms with Crippen molar-refractivity contribution in [3.05, 3.63) is 24.3 Å². The Kier molecular flexibility index (Phi) is 4.73. The van der Waals surface area contributed by atoms with Gasteiger partial charge < -0.3 is 5.11 Å². The maximum Gasteiger partial charge on any atom is 0.328 e. The fourth-order valence-corrected chi connectivity index (χ4v) is 0.419. The lowest BCUT2D eigenvalue weighted by molar-refractivity contribution is -0.131. The molecule has 0 radical (unpaired) electrons. The molecule has 0 rings (SSSR count). The first-order chi connectivity index (χ1) is 5.16. The van der Waals surface area contributed by atoms with Crippen LogP contribution >= 0.6 is 0 Å². The standard InChI is InChI=1S/C8H10O3/c1-2-7(9)5-3-4-6-8(10)11/h3-6H,2H2,1H3,(H,10,11). The highest BCUT2D eigenvalue weighted by Crippen LogP contribution is 1.84. The minimum absolute atomic E-state index is 0.0139. The van der Waals surface area contributed by atoms with E-state index in [2.05, 4.69) is 0 Å². The number of carbonyl (C=O) groups excluding carboxylic acids is 1. The van der Waals surface area contributed by atoms with Crippen LogP contribution in [0.15, 0.2) is 24.3 Å². The van der Waals surface area contributed by atoms with Gasteiger partial charge in [-0.2, -0.15) is 0 Å². The Morgan fingerprint density at radius 3 is 2.27 bits per heavy atom. The molecule has 0 aliphatic heterocycles. The summed E-state index contributed by atoms with van der Waals surface area (Å²) in [6, 6.07) is 0. The monoisotopic (exact) mass is 154 g/mol. The molecule has 3 nitrogen and oxygen atoms in total. The van der Waals surface area contributed by atoms with E-state index >= 15 is 0 Å². The molecule has 0 spiro atoms. The number of allylic oxidation sites excluding steroid dienone is 3. The summed E-state index contributed by atoms with van der Waals surface area (Å²) in [6.45, 7) is 1.74. The van der Waals surface area contributed by atoms with Crippen LogP contribution in [-0.2, 0) is 9.59 Å². The molecule has 0 aromatic carbocycles. The predicted octanol–water partition coefficient (Wildman–Crippen LogP) is 1.16. The van der Waals surface area contributed by atoms with Gasteiger partial charge in [-0.25, -0.2) is 4.79 Å². The van der Waals surface area contributed by atoms with Crippen molar-refractivity contribution in [3.8, 4) is 0 Å². The summed E-state index contributed by atoms with van der Waals surface area (Å²) in [6.07, 6.45) is 5.49. The van der Waals surface area contributed by atoms with Gasteiger partial charge in [0.15, 0.2) is 5.78 Å². The molecule has 11 heavy (non-hydrogen) atoms. The third-order valence-corrected chi connectivity index (χ3v) is 0.980. The number of hydrogen-bond donors (Lipinski definition) is 1. The zero-order valence-electron chi connectivity index (χ0n) is 6.28. The lowest BCUT2D eigenvalue weighted by Gasteiger charge is -1.80. The van der Waals surface area contributed by atoms with E-state index < -0.39 is 5.97 Å². The van der Waals surface area contributed by atoms with Crippen LogP contribution in [0.4, 0.5) is 0 Å². The molecule has 0 atom stereocenters. The second kappa shape index (κ2) is 5.41. The van der Waals surface area contributed by atoms with E-state index in [1.165, 1.54) is 18.2 Å². The highest BCUT2D eigenvalue weighted by atomic mass is 16.4. The van der Waals surface area contributed by atoms with Crippen molar-refractivity contribution in [1.29, 1.82) is 0 Å². The van der Waals surface area contributed by atoms with Crippen molar-refractivity contribution >= 4 is 11.8 Å². The third kappa shape index (κ3) is 6.51. The summed E-state index contributed by atoms with van der Waals surface area (Å²) >= 11 is 0. The minimum Gasteiger partial charge on any atom is -0.478 e. The van der Waals surface area contributed by atoms with Gasteiger partial charge in [-0.3, -0.25) is 4.79 Å². The molecule has 0 fully saturated rings. The zero-order chi connectivity index (χ0) is 8.69. The number of rotatable bonds is 4. The Labute approximate surface area is 65.0 Å². The van der Waals surface area contributed by atoms with Gasteiger partial charge >= 0.3 is 5.97 Å². The summed E-state index contributed by atoms with van der Waals surface area (Å²) in [5, 5.41) is 8.13. The predicted molar refractivity (Wildman–Crippen MR) is 41.2 cm³/mol. The van der Waals surface area contributed by atoms with Gasteiger partial charge in [-0.1, -0.05) is 19.1 Å². The Bertz CT molecular complexity index is 201. The van der Waals surface area contributed by atoms with Gasteiger partial charge in [0.05, 0.1) is 0 Å². The number of hydrogen-bond acceptors (Lipinski definition) is 2. The largest absolute Gasteiger partial charge is 0.478 e. The maximum atomic E-state index is 10.6. The van der Waals surface area contributed by atoms with E-state index in [1.54, 1.807) is 6.92 Å². The van der Waals surface area contributed by atoms with E-state index in [4.69, 9.17) is 5.11 Å². The molecule has 0 unspecified atom stereocenters. The van der Waals surface area contributed by atoms with Crippen molar-refractivity contribution in [2.75, 3.05) is 0 Å². The second-order valence-electron chi connectivity index (χ2n) is 1.88. The molecular formula is C8H10O3. The molecule has 0 aromatic heterocycles. The first kappa shape index (κ1) is 9.62. The van der Waals surface area contributed by atoms with Crippen LogP contribution < -0.4 is 0 Å². The van der Waals surface area contributed by atoms with Gasteiger partial charge in [-0.15, -0.1) is 0 Å². The highest BCUT2D eigenvalue weighted by molar-refractivity contribution is 5.89. The van der Waals surface area contributed by atoms with Crippen LogP contribution in [0.2, 0.25) is 0 Å². The number of carbonyl (C=O) groups is 2. The Balaban J connectivity index is 3.77. The summed E-state index contributed by atoms with van der Waals surface area (Å²) in [5.74, 6) is -1.03. The first-order valence-corrected chi connectivity index (χ1v) is 3.27. The molecule has 0 heterocycles. The molecule has 0 aliphatic rings. The van der Waals surface area contributed by atoms with E-state index in [-0.39, 0.29) is 5.78 Å². The number of carboxylic acids is 1. The topological polar surface area (TPSA) is 54.4 Å². The van der Waals surface area contributed by atoms with E-state index in [0.717, 1.165) is 6.08 Å². The summed E-state index contributed by atoms with van der Waals surface area (Å²) in [5.41, 5.74) is 0. The summed E-state index contributed by atoms with van der Waals surface area (Å²) < 4.78 is 0.